The fourth-order valence-corrected chi connectivity index (χ4v) is 0.341. The molecule has 0 bridgehead atoms. The van der Waals surface area contributed by atoms with Gasteiger partial charge >= 0.3 is 0 Å². The summed E-state index contributed by atoms with van der Waals surface area (Å²) in [6.07, 6.45) is 4.56. The highest BCUT2D eigenvalue weighted by molar-refractivity contribution is 5.56. The lowest BCUT2D eigenvalue weighted by atomic mass is 10.4. The van der Waals surface area contributed by atoms with Crippen LogP contribution in [0.3, 0.4) is 0 Å². The van der Waals surface area contributed by atoms with Crippen LogP contribution in [0.1, 0.15) is 26.2 Å². The van der Waals surface area contributed by atoms with Crippen LogP contribution in [0.4, 0.5) is 0 Å². The zero-order chi connectivity index (χ0) is 6.95. The minimum atomic E-state index is 0.716. The van der Waals surface area contributed by atoms with E-state index in [-0.39, 0.29) is 0 Å². The molecule has 0 aromatic rings. The first-order valence-electron chi connectivity index (χ1n) is 3.34. The molecule has 0 spiro atoms. The first-order chi connectivity index (χ1) is 4.41. The SMILES string of the molecule is [CH2]CC/C=N\OCCC. The largest absolute Gasteiger partial charge is 0.396 e. The van der Waals surface area contributed by atoms with Crippen LogP contribution in [0.25, 0.3) is 0 Å². The summed E-state index contributed by atoms with van der Waals surface area (Å²) >= 11 is 0. The molecule has 2 heteroatoms. The minimum Gasteiger partial charge on any atom is -0.396 e. The molecule has 0 N–H and O–H groups in total. The number of unbranched alkanes of at least 4 members (excludes halogenated alkanes) is 1. The van der Waals surface area contributed by atoms with Crippen LogP contribution in [-0.4, -0.2) is 12.8 Å². The molecule has 0 rings (SSSR count). The molecule has 2 nitrogen and oxygen atoms in total. The van der Waals surface area contributed by atoms with E-state index in [1.54, 1.807) is 6.21 Å². The highest BCUT2D eigenvalue weighted by Gasteiger charge is 1.76. The van der Waals surface area contributed by atoms with Crippen molar-refractivity contribution in [2.45, 2.75) is 26.2 Å². The summed E-state index contributed by atoms with van der Waals surface area (Å²) in [5.74, 6) is 0. The summed E-state index contributed by atoms with van der Waals surface area (Å²) in [5.41, 5.74) is 0. The van der Waals surface area contributed by atoms with Gasteiger partial charge in [0.25, 0.3) is 0 Å². The van der Waals surface area contributed by atoms with Crippen molar-refractivity contribution in [2.75, 3.05) is 6.61 Å². The summed E-state index contributed by atoms with van der Waals surface area (Å²) < 4.78 is 0. The van der Waals surface area contributed by atoms with E-state index in [1.165, 1.54) is 0 Å². The van der Waals surface area contributed by atoms with Crippen LogP contribution >= 0.6 is 0 Å². The summed E-state index contributed by atoms with van der Waals surface area (Å²) in [5, 5.41) is 3.69. The van der Waals surface area contributed by atoms with E-state index in [1.807, 2.05) is 0 Å². The van der Waals surface area contributed by atoms with E-state index in [9.17, 15) is 0 Å². The van der Waals surface area contributed by atoms with Crippen molar-refractivity contribution in [3.05, 3.63) is 6.92 Å². The third-order valence-electron chi connectivity index (χ3n) is 0.778. The van der Waals surface area contributed by atoms with Gasteiger partial charge in [0, 0.05) is 6.21 Å². The molecule has 0 saturated heterocycles. The quantitative estimate of drug-likeness (QED) is 0.315. The Balaban J connectivity index is 2.86. The summed E-state index contributed by atoms with van der Waals surface area (Å²) in [6.45, 7) is 6.43. The lowest BCUT2D eigenvalue weighted by molar-refractivity contribution is 0.146. The molecule has 0 aliphatic heterocycles. The predicted octanol–water partition coefficient (Wildman–Crippen LogP) is 2.01. The van der Waals surface area contributed by atoms with Crippen molar-refractivity contribution in [3.63, 3.8) is 0 Å². The number of rotatable bonds is 5. The van der Waals surface area contributed by atoms with Gasteiger partial charge in [-0.1, -0.05) is 19.0 Å². The maximum atomic E-state index is 4.83. The summed E-state index contributed by atoms with van der Waals surface area (Å²) in [6, 6.07) is 0. The molecule has 0 amide bonds. The highest BCUT2D eigenvalue weighted by Crippen LogP contribution is 1.83. The Bertz CT molecular complexity index is 71.3. The molecule has 0 aromatic carbocycles. The Kier molecular flexibility index (Phi) is 7.03. The lowest BCUT2D eigenvalue weighted by Gasteiger charge is -1.91. The molecule has 9 heavy (non-hydrogen) atoms. The zero-order valence-electron chi connectivity index (χ0n) is 5.97. The molecular formula is C7H14NO. The van der Waals surface area contributed by atoms with Crippen LogP contribution < -0.4 is 0 Å². The van der Waals surface area contributed by atoms with E-state index >= 15 is 0 Å². The first kappa shape index (κ1) is 8.47. The molecule has 0 aliphatic carbocycles. The van der Waals surface area contributed by atoms with Crippen LogP contribution in [0.5, 0.6) is 0 Å². The third kappa shape index (κ3) is 7.47. The minimum absolute atomic E-state index is 0.716. The van der Waals surface area contributed by atoms with Crippen LogP contribution in [0.2, 0.25) is 0 Å². The zero-order valence-corrected chi connectivity index (χ0v) is 5.97. The van der Waals surface area contributed by atoms with Crippen molar-refractivity contribution in [1.29, 1.82) is 0 Å². The van der Waals surface area contributed by atoms with Crippen molar-refractivity contribution in [2.24, 2.45) is 5.16 Å². The van der Waals surface area contributed by atoms with Gasteiger partial charge in [-0.15, -0.1) is 0 Å². The topological polar surface area (TPSA) is 21.6 Å². The molecule has 0 aromatic heterocycles. The first-order valence-corrected chi connectivity index (χ1v) is 3.34. The third-order valence-corrected chi connectivity index (χ3v) is 0.778. The van der Waals surface area contributed by atoms with Crippen molar-refractivity contribution < 1.29 is 4.84 Å². The molecule has 1 radical (unpaired) electrons. The smallest absolute Gasteiger partial charge is 0.116 e. The molecule has 0 fully saturated rings. The van der Waals surface area contributed by atoms with Crippen LogP contribution in [0, 0.1) is 6.92 Å². The molecule has 0 saturated carbocycles. The Morgan fingerprint density at radius 3 is 3.00 bits per heavy atom. The Morgan fingerprint density at radius 2 is 2.44 bits per heavy atom. The van der Waals surface area contributed by atoms with E-state index in [0.29, 0.717) is 6.61 Å². The maximum absolute atomic E-state index is 4.83. The maximum Gasteiger partial charge on any atom is 0.116 e. The second kappa shape index (κ2) is 7.47. The van der Waals surface area contributed by atoms with E-state index in [0.717, 1.165) is 19.3 Å². The molecule has 0 heterocycles. The summed E-state index contributed by atoms with van der Waals surface area (Å²) in [7, 11) is 0. The summed E-state index contributed by atoms with van der Waals surface area (Å²) in [4.78, 5) is 4.83. The van der Waals surface area contributed by atoms with Gasteiger partial charge in [0.2, 0.25) is 0 Å². The second-order valence-electron chi connectivity index (χ2n) is 1.76. The van der Waals surface area contributed by atoms with Crippen molar-refractivity contribution >= 4 is 6.21 Å². The fourth-order valence-electron chi connectivity index (χ4n) is 0.341. The van der Waals surface area contributed by atoms with Crippen molar-refractivity contribution in [3.8, 4) is 0 Å². The molecular weight excluding hydrogens is 114 g/mol. The molecule has 0 unspecified atom stereocenters. The predicted molar refractivity (Wildman–Crippen MR) is 39.3 cm³/mol. The van der Waals surface area contributed by atoms with Crippen LogP contribution in [0.15, 0.2) is 5.16 Å². The Hall–Kier alpha value is -0.530. The Morgan fingerprint density at radius 1 is 1.67 bits per heavy atom. The fraction of sp³-hybridized carbons (Fsp3) is 0.714. The molecule has 0 aliphatic rings. The molecule has 0 atom stereocenters. The Labute approximate surface area is 56.9 Å². The standard InChI is InChI=1S/C7H14NO/c1-3-5-6-8-9-7-4-2/h6H,1,3-5,7H2,2H3/b8-6-. The van der Waals surface area contributed by atoms with Gasteiger partial charge in [0.05, 0.1) is 0 Å². The van der Waals surface area contributed by atoms with Gasteiger partial charge in [0.15, 0.2) is 0 Å². The average Bonchev–Trinajstić information content (AvgIpc) is 1.89. The highest BCUT2D eigenvalue weighted by atomic mass is 16.6. The van der Waals surface area contributed by atoms with Gasteiger partial charge in [0.1, 0.15) is 6.61 Å². The van der Waals surface area contributed by atoms with Gasteiger partial charge < -0.3 is 4.84 Å². The van der Waals surface area contributed by atoms with E-state index in [4.69, 9.17) is 4.84 Å². The lowest BCUT2D eigenvalue weighted by Crippen LogP contribution is -1.84. The number of nitrogens with zero attached hydrogens (tertiary/aromatic N) is 1. The van der Waals surface area contributed by atoms with Gasteiger partial charge in [-0.25, -0.2) is 0 Å². The number of hydrogen-bond donors (Lipinski definition) is 0. The van der Waals surface area contributed by atoms with Gasteiger partial charge in [-0.3, -0.25) is 0 Å². The van der Waals surface area contributed by atoms with E-state index < -0.39 is 0 Å². The van der Waals surface area contributed by atoms with Gasteiger partial charge in [-0.2, -0.15) is 0 Å². The van der Waals surface area contributed by atoms with Crippen LogP contribution in [-0.2, 0) is 4.84 Å². The van der Waals surface area contributed by atoms with E-state index in [2.05, 4.69) is 19.0 Å². The molecule has 53 valence electrons. The van der Waals surface area contributed by atoms with Crippen molar-refractivity contribution in [1.82, 2.24) is 0 Å². The van der Waals surface area contributed by atoms with Gasteiger partial charge in [-0.05, 0) is 19.3 Å². The second-order valence-corrected chi connectivity index (χ2v) is 1.76. The number of oxime groups is 1. The average molecular weight is 128 g/mol. The normalized spacial score (nSPS) is 10.4. The number of hydrogen-bond acceptors (Lipinski definition) is 2. The monoisotopic (exact) mass is 128 g/mol.